The van der Waals surface area contributed by atoms with Gasteiger partial charge in [-0.3, -0.25) is 19.4 Å². The van der Waals surface area contributed by atoms with Crippen LogP contribution < -0.4 is 26.6 Å². The number of benzene rings is 3. The highest BCUT2D eigenvalue weighted by Gasteiger charge is 2.31. The van der Waals surface area contributed by atoms with Gasteiger partial charge in [0.1, 0.15) is 5.82 Å². The third-order valence-electron chi connectivity index (χ3n) is 6.55. The summed E-state index contributed by atoms with van der Waals surface area (Å²) >= 11 is 7.87. The van der Waals surface area contributed by atoms with Crippen LogP contribution in [0.25, 0.3) is 11.1 Å². The van der Waals surface area contributed by atoms with Crippen LogP contribution in [0.4, 0.5) is 27.9 Å². The highest BCUT2D eigenvalue weighted by molar-refractivity contribution is 8.00. The lowest BCUT2D eigenvalue weighted by Gasteiger charge is -2.34. The first-order valence-electron chi connectivity index (χ1n) is 12.5. The number of carbonyl (C=O) groups is 3. The number of hydrogen-bond donors (Lipinski definition) is 3. The Balaban J connectivity index is 1.32. The number of aromatic nitrogens is 2. The Labute approximate surface area is 245 Å². The molecule has 0 bridgehead atoms. The molecule has 0 aliphatic carbocycles. The van der Waals surface area contributed by atoms with Crippen LogP contribution in [0, 0.1) is 0 Å². The first-order chi connectivity index (χ1) is 19.6. The second-order valence-corrected chi connectivity index (χ2v) is 11.2. The Hall–Kier alpha value is -4.61. The van der Waals surface area contributed by atoms with Crippen LogP contribution in [0.5, 0.6) is 0 Å². The van der Waals surface area contributed by atoms with E-state index in [-0.39, 0.29) is 35.6 Å². The smallest absolute Gasteiger partial charge is 0.330 e. The van der Waals surface area contributed by atoms with Crippen LogP contribution in [0.15, 0.2) is 77.8 Å². The Morgan fingerprint density at radius 3 is 2.56 bits per heavy atom. The van der Waals surface area contributed by atoms with Crippen LogP contribution in [0.3, 0.4) is 0 Å². The zero-order valence-electron chi connectivity index (χ0n) is 22.2. The van der Waals surface area contributed by atoms with Gasteiger partial charge in [-0.15, -0.1) is 11.8 Å². The first kappa shape index (κ1) is 27.9. The fraction of sp³-hybridized carbons (Fsp3) is 0.138. The average Bonchev–Trinajstić information content (AvgIpc) is 2.96. The van der Waals surface area contributed by atoms with Crippen molar-refractivity contribution in [3.63, 3.8) is 0 Å². The summed E-state index contributed by atoms with van der Waals surface area (Å²) in [6.07, 6.45) is 1.58. The summed E-state index contributed by atoms with van der Waals surface area (Å²) < 4.78 is 0. The van der Waals surface area contributed by atoms with Crippen LogP contribution in [-0.2, 0) is 11.3 Å². The highest BCUT2D eigenvalue weighted by Crippen LogP contribution is 2.35. The van der Waals surface area contributed by atoms with Crippen LogP contribution in [-0.4, -0.2) is 40.1 Å². The molecule has 0 spiro atoms. The van der Waals surface area contributed by atoms with Crippen molar-refractivity contribution in [3.8, 4) is 11.1 Å². The van der Waals surface area contributed by atoms with E-state index in [1.54, 1.807) is 50.5 Å². The number of nitrogens with zero attached hydrogens (tertiary/aromatic N) is 4. The molecule has 4 amide bonds. The quantitative estimate of drug-likeness (QED) is 0.252. The van der Waals surface area contributed by atoms with E-state index in [1.807, 2.05) is 36.4 Å². The van der Waals surface area contributed by atoms with Crippen molar-refractivity contribution in [1.82, 2.24) is 9.97 Å². The van der Waals surface area contributed by atoms with E-state index in [0.717, 1.165) is 16.0 Å². The van der Waals surface area contributed by atoms with Gasteiger partial charge in [0, 0.05) is 35.0 Å². The monoisotopic (exact) mass is 587 g/mol. The summed E-state index contributed by atoms with van der Waals surface area (Å²) in [5.74, 6) is -0.173. The number of rotatable bonds is 7. The molecule has 41 heavy (non-hydrogen) atoms. The van der Waals surface area contributed by atoms with Crippen molar-refractivity contribution in [2.45, 2.75) is 23.6 Å². The van der Waals surface area contributed by atoms with Crippen LogP contribution >= 0.6 is 23.4 Å². The fourth-order valence-electron chi connectivity index (χ4n) is 4.34. The van der Waals surface area contributed by atoms with Crippen molar-refractivity contribution in [2.24, 2.45) is 5.73 Å². The van der Waals surface area contributed by atoms with Gasteiger partial charge in [0.2, 0.25) is 11.9 Å². The molecule has 1 aliphatic rings. The third kappa shape index (κ3) is 5.96. The van der Waals surface area contributed by atoms with Crippen LogP contribution in [0.1, 0.15) is 22.8 Å². The number of amides is 4. The summed E-state index contributed by atoms with van der Waals surface area (Å²) in [7, 11) is 1.60. The number of nitrogens with one attached hydrogen (secondary N) is 1. The van der Waals surface area contributed by atoms with Crippen molar-refractivity contribution in [2.75, 3.05) is 27.9 Å². The number of nitrogen functional groups attached to an aromatic ring is 1. The molecule has 2 heterocycles. The molecule has 10 nitrogen and oxygen atoms in total. The number of anilines is 4. The summed E-state index contributed by atoms with van der Waals surface area (Å²) in [4.78, 5) is 49.6. The van der Waals surface area contributed by atoms with Crippen LogP contribution in [0.2, 0.25) is 5.02 Å². The van der Waals surface area contributed by atoms with Gasteiger partial charge >= 0.3 is 6.03 Å². The standard InChI is InChI=1S/C29H26ClN7O3S/c1-16(25(31)38)41-22-5-3-4-19(12-22)17-6-8-18(9-7-17)27(39)34-21-10-11-23(30)24(13-21)37-15-20-14-33-28(32)35-26(20)36(2)29(37)40/h3-14,16H,15H2,1-2H3,(H2,31,38)(H,34,39)(H2,32,33,35). The second-order valence-electron chi connectivity index (χ2n) is 9.39. The van der Waals surface area contributed by atoms with E-state index in [0.29, 0.717) is 33.3 Å². The lowest BCUT2D eigenvalue weighted by molar-refractivity contribution is -0.117. The molecule has 1 unspecified atom stereocenters. The molecule has 12 heteroatoms. The molecule has 3 aromatic carbocycles. The second kappa shape index (κ2) is 11.5. The van der Waals surface area contributed by atoms with E-state index in [2.05, 4.69) is 15.3 Å². The van der Waals surface area contributed by atoms with Crippen molar-refractivity contribution >= 4 is 64.3 Å². The number of carbonyl (C=O) groups excluding carboxylic acids is 3. The largest absolute Gasteiger partial charge is 0.369 e. The number of nitrogens with two attached hydrogens (primary N) is 2. The molecule has 0 radical (unpaired) electrons. The maximum Gasteiger partial charge on any atom is 0.330 e. The zero-order chi connectivity index (χ0) is 29.3. The maximum absolute atomic E-state index is 13.1. The molecular weight excluding hydrogens is 562 g/mol. The topological polar surface area (TPSA) is 148 Å². The SMILES string of the molecule is CC(Sc1cccc(-c2ccc(C(=O)Nc3ccc(Cl)c(N4Cc5cnc(N)nc5N(C)C4=O)c3)cc2)c1)C(N)=O. The summed E-state index contributed by atoms with van der Waals surface area (Å²) in [6, 6.07) is 19.6. The number of hydrogen-bond acceptors (Lipinski definition) is 7. The molecule has 208 valence electrons. The predicted molar refractivity (Wildman–Crippen MR) is 162 cm³/mol. The Bertz CT molecular complexity index is 1660. The van der Waals surface area contributed by atoms with Crippen molar-refractivity contribution in [1.29, 1.82) is 0 Å². The number of thioether (sulfide) groups is 1. The summed E-state index contributed by atoms with van der Waals surface area (Å²) in [5.41, 5.74) is 15.0. The number of halogens is 1. The maximum atomic E-state index is 13.1. The van der Waals surface area contributed by atoms with Gasteiger partial charge < -0.3 is 16.8 Å². The van der Waals surface area contributed by atoms with E-state index in [9.17, 15) is 14.4 Å². The minimum atomic E-state index is -0.371. The normalized spacial score (nSPS) is 13.5. The van der Waals surface area contributed by atoms with Gasteiger partial charge in [0.05, 0.1) is 22.5 Å². The Kier molecular flexibility index (Phi) is 7.82. The third-order valence-corrected chi connectivity index (χ3v) is 7.98. The molecule has 5 N–H and O–H groups in total. The van der Waals surface area contributed by atoms with Gasteiger partial charge in [-0.2, -0.15) is 4.98 Å². The van der Waals surface area contributed by atoms with Crippen molar-refractivity contribution < 1.29 is 14.4 Å². The Morgan fingerprint density at radius 1 is 1.07 bits per heavy atom. The molecule has 0 saturated carbocycles. The van der Waals surface area contributed by atoms with Crippen molar-refractivity contribution in [3.05, 3.63) is 89.1 Å². The average molecular weight is 588 g/mol. The van der Waals surface area contributed by atoms with Gasteiger partial charge in [0.25, 0.3) is 5.91 Å². The van der Waals surface area contributed by atoms with Gasteiger partial charge in [0.15, 0.2) is 0 Å². The molecule has 5 rings (SSSR count). The zero-order valence-corrected chi connectivity index (χ0v) is 23.7. The lowest BCUT2D eigenvalue weighted by atomic mass is 10.0. The fourth-order valence-corrected chi connectivity index (χ4v) is 5.43. The minimum absolute atomic E-state index is 0.0787. The number of fused-ring (bicyclic) bond motifs is 1. The number of urea groups is 1. The predicted octanol–water partition coefficient (Wildman–Crippen LogP) is 5.17. The first-order valence-corrected chi connectivity index (χ1v) is 13.8. The molecule has 0 saturated heterocycles. The number of primary amides is 1. The molecule has 0 fully saturated rings. The van der Waals surface area contributed by atoms with E-state index in [1.165, 1.54) is 21.6 Å². The summed E-state index contributed by atoms with van der Waals surface area (Å²) in [6.45, 7) is 1.96. The molecule has 4 aromatic rings. The van der Waals surface area contributed by atoms with E-state index < -0.39 is 0 Å². The minimum Gasteiger partial charge on any atom is -0.369 e. The summed E-state index contributed by atoms with van der Waals surface area (Å²) in [5, 5.41) is 2.88. The van der Waals surface area contributed by atoms with Gasteiger partial charge in [-0.25, -0.2) is 9.78 Å². The molecule has 1 aliphatic heterocycles. The van der Waals surface area contributed by atoms with E-state index >= 15 is 0 Å². The molecule has 1 aromatic heterocycles. The Morgan fingerprint density at radius 2 is 1.83 bits per heavy atom. The van der Waals surface area contributed by atoms with Gasteiger partial charge in [-0.05, 0) is 60.5 Å². The highest BCUT2D eigenvalue weighted by atomic mass is 35.5. The molecule has 1 atom stereocenters. The molecular formula is C29H26ClN7O3S. The lowest BCUT2D eigenvalue weighted by Crippen LogP contribution is -2.46. The van der Waals surface area contributed by atoms with E-state index in [4.69, 9.17) is 23.1 Å². The van der Waals surface area contributed by atoms with Gasteiger partial charge in [-0.1, -0.05) is 35.9 Å².